The highest BCUT2D eigenvalue weighted by atomic mass is 32.2. The summed E-state index contributed by atoms with van der Waals surface area (Å²) in [6.07, 6.45) is 2.07. The van der Waals surface area contributed by atoms with Crippen LogP contribution in [0.25, 0.3) is 10.8 Å². The standard InChI is InChI=1S/C18H14N2S/c1-21-18-9-5-4-8-17(18)20-16-11-10-13(12-19)14-6-2-3-7-15(14)16/h2-11,20H,1H3. The molecule has 0 saturated carbocycles. The normalized spacial score (nSPS) is 10.3. The molecule has 3 heteroatoms. The van der Waals surface area contributed by atoms with Gasteiger partial charge in [-0.25, -0.2) is 0 Å². The number of hydrogen-bond donors (Lipinski definition) is 1. The molecule has 21 heavy (non-hydrogen) atoms. The van der Waals surface area contributed by atoms with Gasteiger partial charge in [0.2, 0.25) is 0 Å². The average Bonchev–Trinajstić information content (AvgIpc) is 2.55. The minimum absolute atomic E-state index is 0.703. The van der Waals surface area contributed by atoms with Crippen LogP contribution < -0.4 is 5.32 Å². The number of nitrogens with zero attached hydrogens (tertiary/aromatic N) is 1. The minimum Gasteiger partial charge on any atom is -0.354 e. The van der Waals surface area contributed by atoms with Crippen molar-refractivity contribution in [2.24, 2.45) is 0 Å². The number of rotatable bonds is 3. The van der Waals surface area contributed by atoms with E-state index in [2.05, 4.69) is 29.8 Å². The maximum Gasteiger partial charge on any atom is 0.0998 e. The first kappa shape index (κ1) is 13.5. The molecule has 2 nitrogen and oxygen atoms in total. The van der Waals surface area contributed by atoms with E-state index in [1.165, 1.54) is 4.90 Å². The maximum absolute atomic E-state index is 9.22. The van der Waals surface area contributed by atoms with E-state index >= 15 is 0 Å². The van der Waals surface area contributed by atoms with Gasteiger partial charge < -0.3 is 5.32 Å². The first-order chi connectivity index (χ1) is 10.3. The number of fused-ring (bicyclic) bond motifs is 1. The van der Waals surface area contributed by atoms with Crippen molar-refractivity contribution in [2.45, 2.75) is 4.90 Å². The number of thioether (sulfide) groups is 1. The molecule has 0 unspecified atom stereocenters. The lowest BCUT2D eigenvalue weighted by Gasteiger charge is -2.13. The Morgan fingerprint density at radius 2 is 1.57 bits per heavy atom. The van der Waals surface area contributed by atoms with Gasteiger partial charge in [0.05, 0.1) is 17.3 Å². The van der Waals surface area contributed by atoms with E-state index in [1.807, 2.05) is 48.5 Å². The van der Waals surface area contributed by atoms with Gasteiger partial charge in [-0.2, -0.15) is 5.26 Å². The van der Waals surface area contributed by atoms with Crippen LogP contribution in [-0.4, -0.2) is 6.26 Å². The predicted octanol–water partition coefficient (Wildman–Crippen LogP) is 5.18. The summed E-state index contributed by atoms with van der Waals surface area (Å²) in [6.45, 7) is 0. The lowest BCUT2D eigenvalue weighted by atomic mass is 10.0. The molecule has 0 amide bonds. The Morgan fingerprint density at radius 1 is 0.857 bits per heavy atom. The summed E-state index contributed by atoms with van der Waals surface area (Å²) in [5.41, 5.74) is 2.81. The Bertz CT molecular complexity index is 834. The van der Waals surface area contributed by atoms with Crippen LogP contribution in [0.2, 0.25) is 0 Å². The summed E-state index contributed by atoms with van der Waals surface area (Å²) >= 11 is 1.71. The fourth-order valence-corrected chi connectivity index (χ4v) is 2.95. The van der Waals surface area contributed by atoms with Crippen molar-refractivity contribution in [1.82, 2.24) is 0 Å². The second-order valence-corrected chi connectivity index (χ2v) is 5.49. The van der Waals surface area contributed by atoms with Gasteiger partial charge in [0, 0.05) is 21.4 Å². The number of anilines is 2. The third kappa shape index (κ3) is 2.58. The van der Waals surface area contributed by atoms with Crippen LogP contribution in [0.1, 0.15) is 5.56 Å². The van der Waals surface area contributed by atoms with Gasteiger partial charge in [0.1, 0.15) is 0 Å². The molecular formula is C18H14N2S. The molecule has 3 rings (SSSR count). The van der Waals surface area contributed by atoms with Crippen molar-refractivity contribution in [2.75, 3.05) is 11.6 Å². The molecule has 0 bridgehead atoms. The van der Waals surface area contributed by atoms with E-state index in [4.69, 9.17) is 0 Å². The van der Waals surface area contributed by atoms with Gasteiger partial charge >= 0.3 is 0 Å². The van der Waals surface area contributed by atoms with Gasteiger partial charge in [-0.05, 0) is 30.5 Å². The maximum atomic E-state index is 9.22. The molecule has 0 fully saturated rings. The summed E-state index contributed by atoms with van der Waals surface area (Å²) < 4.78 is 0. The molecule has 0 aliphatic carbocycles. The summed E-state index contributed by atoms with van der Waals surface area (Å²) in [5.74, 6) is 0. The number of nitrogens with one attached hydrogen (secondary N) is 1. The molecular weight excluding hydrogens is 276 g/mol. The zero-order chi connectivity index (χ0) is 14.7. The number of hydrogen-bond acceptors (Lipinski definition) is 3. The first-order valence-electron chi connectivity index (χ1n) is 6.65. The Kier molecular flexibility index (Phi) is 3.81. The summed E-state index contributed by atoms with van der Waals surface area (Å²) in [6, 6.07) is 22.3. The van der Waals surface area contributed by atoms with Crippen molar-refractivity contribution >= 4 is 33.9 Å². The third-order valence-electron chi connectivity index (χ3n) is 3.42. The van der Waals surface area contributed by atoms with Crippen molar-refractivity contribution in [3.63, 3.8) is 0 Å². The van der Waals surface area contributed by atoms with E-state index in [1.54, 1.807) is 11.8 Å². The third-order valence-corrected chi connectivity index (χ3v) is 4.22. The monoisotopic (exact) mass is 290 g/mol. The molecule has 0 atom stereocenters. The van der Waals surface area contributed by atoms with E-state index in [9.17, 15) is 5.26 Å². The molecule has 3 aromatic rings. The zero-order valence-corrected chi connectivity index (χ0v) is 12.4. The van der Waals surface area contributed by atoms with E-state index in [-0.39, 0.29) is 0 Å². The molecule has 0 radical (unpaired) electrons. The minimum atomic E-state index is 0.703. The molecule has 0 heterocycles. The Morgan fingerprint density at radius 3 is 2.33 bits per heavy atom. The highest BCUT2D eigenvalue weighted by molar-refractivity contribution is 7.98. The van der Waals surface area contributed by atoms with Gasteiger partial charge in [-0.1, -0.05) is 36.4 Å². The number of nitriles is 1. The van der Waals surface area contributed by atoms with Crippen LogP contribution in [0.4, 0.5) is 11.4 Å². The molecule has 0 aliphatic heterocycles. The summed E-state index contributed by atoms with van der Waals surface area (Å²) in [4.78, 5) is 1.20. The smallest absolute Gasteiger partial charge is 0.0998 e. The van der Waals surface area contributed by atoms with Gasteiger partial charge in [-0.3, -0.25) is 0 Å². The number of para-hydroxylation sites is 1. The average molecular weight is 290 g/mol. The highest BCUT2D eigenvalue weighted by Gasteiger charge is 2.07. The van der Waals surface area contributed by atoms with E-state index < -0.39 is 0 Å². The Hall–Kier alpha value is -2.44. The molecule has 0 aromatic heterocycles. The Balaban J connectivity index is 2.12. The first-order valence-corrected chi connectivity index (χ1v) is 7.88. The Labute approximate surface area is 128 Å². The fraction of sp³-hybridized carbons (Fsp3) is 0.0556. The SMILES string of the molecule is CSc1ccccc1Nc1ccc(C#N)c2ccccc12. The van der Waals surface area contributed by atoms with Crippen LogP contribution in [0, 0.1) is 11.3 Å². The topological polar surface area (TPSA) is 35.8 Å². The molecule has 0 spiro atoms. The van der Waals surface area contributed by atoms with Crippen molar-refractivity contribution in [1.29, 1.82) is 5.26 Å². The molecule has 0 aliphatic rings. The predicted molar refractivity (Wildman–Crippen MR) is 90.2 cm³/mol. The van der Waals surface area contributed by atoms with Gasteiger partial charge in [0.15, 0.2) is 0 Å². The van der Waals surface area contributed by atoms with Crippen molar-refractivity contribution in [3.05, 3.63) is 66.2 Å². The lowest BCUT2D eigenvalue weighted by Crippen LogP contribution is -1.94. The fourth-order valence-electron chi connectivity index (χ4n) is 2.40. The molecule has 3 aromatic carbocycles. The van der Waals surface area contributed by atoms with E-state index in [0.29, 0.717) is 5.56 Å². The van der Waals surface area contributed by atoms with Gasteiger partial charge in [-0.15, -0.1) is 11.8 Å². The van der Waals surface area contributed by atoms with Crippen LogP contribution >= 0.6 is 11.8 Å². The van der Waals surface area contributed by atoms with Crippen LogP contribution in [-0.2, 0) is 0 Å². The lowest BCUT2D eigenvalue weighted by molar-refractivity contribution is 1.42. The quantitative estimate of drug-likeness (QED) is 0.675. The summed E-state index contributed by atoms with van der Waals surface area (Å²) in [7, 11) is 0. The van der Waals surface area contributed by atoms with Crippen molar-refractivity contribution < 1.29 is 0 Å². The summed E-state index contributed by atoms with van der Waals surface area (Å²) in [5, 5.41) is 14.8. The second kappa shape index (κ2) is 5.90. The number of benzene rings is 3. The van der Waals surface area contributed by atoms with E-state index in [0.717, 1.165) is 22.1 Å². The molecule has 1 N–H and O–H groups in total. The van der Waals surface area contributed by atoms with Crippen LogP contribution in [0.15, 0.2) is 65.6 Å². The molecule has 0 saturated heterocycles. The zero-order valence-electron chi connectivity index (χ0n) is 11.6. The van der Waals surface area contributed by atoms with Crippen LogP contribution in [0.3, 0.4) is 0 Å². The van der Waals surface area contributed by atoms with Gasteiger partial charge in [0.25, 0.3) is 0 Å². The largest absolute Gasteiger partial charge is 0.354 e. The van der Waals surface area contributed by atoms with Crippen LogP contribution in [0.5, 0.6) is 0 Å². The second-order valence-electron chi connectivity index (χ2n) is 4.64. The highest BCUT2D eigenvalue weighted by Crippen LogP contribution is 2.32. The molecule has 102 valence electrons. The van der Waals surface area contributed by atoms with Crippen molar-refractivity contribution in [3.8, 4) is 6.07 Å².